The summed E-state index contributed by atoms with van der Waals surface area (Å²) in [4.78, 5) is 0. The van der Waals surface area contributed by atoms with Crippen molar-refractivity contribution >= 4 is 0 Å². The van der Waals surface area contributed by atoms with Crippen molar-refractivity contribution in [1.82, 2.24) is 0 Å². The van der Waals surface area contributed by atoms with Gasteiger partial charge >= 0.3 is 0 Å². The van der Waals surface area contributed by atoms with Gasteiger partial charge in [-0.15, -0.1) is 0 Å². The lowest BCUT2D eigenvalue weighted by molar-refractivity contribution is 0.143. The first-order chi connectivity index (χ1) is 3.75. The molecule has 0 amide bonds. The Bertz CT molecular complexity index is 114. The summed E-state index contributed by atoms with van der Waals surface area (Å²) in [7, 11) is 0. The summed E-state index contributed by atoms with van der Waals surface area (Å²) < 4.78 is 0. The van der Waals surface area contributed by atoms with Crippen LogP contribution in [0, 0.1) is 5.41 Å². The van der Waals surface area contributed by atoms with E-state index in [4.69, 9.17) is 10.2 Å². The van der Waals surface area contributed by atoms with Gasteiger partial charge in [-0.3, -0.25) is 0 Å². The lowest BCUT2D eigenvalue weighted by Gasteiger charge is -2.03. The van der Waals surface area contributed by atoms with Crippen LogP contribution < -0.4 is 0 Å². The Morgan fingerprint density at radius 1 is 1.50 bits per heavy atom. The summed E-state index contributed by atoms with van der Waals surface area (Å²) >= 11 is 0. The highest BCUT2D eigenvalue weighted by molar-refractivity contribution is 5.29. The number of rotatable bonds is 2. The molecule has 0 aromatic heterocycles. The fourth-order valence-electron chi connectivity index (χ4n) is 0.750. The van der Waals surface area contributed by atoms with E-state index < -0.39 is 0 Å². The van der Waals surface area contributed by atoms with Gasteiger partial charge in [0.15, 0.2) is 0 Å². The second-order valence-corrected chi connectivity index (χ2v) is 2.38. The number of hydrogen-bond acceptors (Lipinski definition) is 2. The van der Waals surface area contributed by atoms with Gasteiger partial charge in [-0.1, -0.05) is 12.2 Å². The summed E-state index contributed by atoms with van der Waals surface area (Å²) in [5.41, 5.74) is 0.683. The number of aliphatic hydroxyl groups excluding tert-OH is 2. The normalized spacial score (nSPS) is 23.5. The summed E-state index contributed by atoms with van der Waals surface area (Å²) in [6, 6.07) is 0. The Morgan fingerprint density at radius 2 is 1.88 bits per heavy atom. The van der Waals surface area contributed by atoms with Crippen LogP contribution in [0.4, 0.5) is 0 Å². The van der Waals surface area contributed by atoms with Crippen LogP contribution in [0.25, 0.3) is 0 Å². The maximum absolute atomic E-state index is 8.61. The molecule has 1 saturated carbocycles. The van der Waals surface area contributed by atoms with E-state index in [1.807, 2.05) is 0 Å². The first kappa shape index (κ1) is 5.79. The van der Waals surface area contributed by atoms with Crippen LogP contribution in [0.3, 0.4) is 0 Å². The highest BCUT2D eigenvalue weighted by Gasteiger charge is 2.46. The third-order valence-corrected chi connectivity index (χ3v) is 1.78. The van der Waals surface area contributed by atoms with Gasteiger partial charge in [-0.05, 0) is 6.42 Å². The largest absolute Gasteiger partial charge is 0.395 e. The summed E-state index contributed by atoms with van der Waals surface area (Å²) in [6.07, 6.45) is 0.792. The fourth-order valence-corrected chi connectivity index (χ4v) is 0.750. The van der Waals surface area contributed by atoms with Gasteiger partial charge in [0, 0.05) is 5.41 Å². The molecule has 8 heavy (non-hydrogen) atoms. The van der Waals surface area contributed by atoms with Gasteiger partial charge in [0.05, 0.1) is 13.2 Å². The van der Waals surface area contributed by atoms with E-state index in [9.17, 15) is 0 Å². The van der Waals surface area contributed by atoms with Crippen molar-refractivity contribution < 1.29 is 10.2 Å². The molecule has 2 N–H and O–H groups in total. The quantitative estimate of drug-likeness (QED) is 0.493. The Balaban J connectivity index is 2.52. The molecule has 0 aliphatic heterocycles. The monoisotopic (exact) mass is 114 g/mol. The van der Waals surface area contributed by atoms with Crippen molar-refractivity contribution in [2.45, 2.75) is 6.42 Å². The van der Waals surface area contributed by atoms with E-state index in [2.05, 4.69) is 6.58 Å². The second-order valence-electron chi connectivity index (χ2n) is 2.38. The van der Waals surface area contributed by atoms with Crippen LogP contribution in [0.5, 0.6) is 0 Å². The highest BCUT2D eigenvalue weighted by Crippen LogP contribution is 2.49. The Morgan fingerprint density at radius 3 is 1.88 bits per heavy atom. The van der Waals surface area contributed by atoms with Crippen molar-refractivity contribution in [2.24, 2.45) is 5.41 Å². The lowest BCUT2D eigenvalue weighted by Crippen LogP contribution is -2.11. The molecule has 1 fully saturated rings. The minimum absolute atomic E-state index is 0.0440. The van der Waals surface area contributed by atoms with E-state index in [0.717, 1.165) is 12.0 Å². The number of aliphatic hydroxyl groups is 2. The van der Waals surface area contributed by atoms with Crippen molar-refractivity contribution in [1.29, 1.82) is 0 Å². The molecule has 1 aliphatic rings. The van der Waals surface area contributed by atoms with Gasteiger partial charge in [0.2, 0.25) is 0 Å². The van der Waals surface area contributed by atoms with Gasteiger partial charge < -0.3 is 10.2 Å². The molecule has 0 aromatic carbocycles. The zero-order chi connectivity index (χ0) is 6.20. The molecule has 1 rings (SSSR count). The first-order valence-electron chi connectivity index (χ1n) is 2.65. The van der Waals surface area contributed by atoms with Gasteiger partial charge in [0.25, 0.3) is 0 Å². The van der Waals surface area contributed by atoms with Crippen LogP contribution in [0.1, 0.15) is 6.42 Å². The zero-order valence-electron chi connectivity index (χ0n) is 4.72. The average molecular weight is 114 g/mol. The number of hydrogen-bond donors (Lipinski definition) is 2. The first-order valence-corrected chi connectivity index (χ1v) is 2.65. The molecule has 2 heteroatoms. The van der Waals surface area contributed by atoms with Gasteiger partial charge in [0.1, 0.15) is 0 Å². The predicted molar refractivity (Wildman–Crippen MR) is 30.4 cm³/mol. The average Bonchev–Trinajstić information content (AvgIpc) is 2.43. The molecule has 1 aliphatic carbocycles. The van der Waals surface area contributed by atoms with E-state index in [-0.39, 0.29) is 18.6 Å². The molecule has 0 saturated heterocycles. The molecule has 46 valence electrons. The molecule has 0 bridgehead atoms. The van der Waals surface area contributed by atoms with Crippen molar-refractivity contribution in [3.8, 4) is 0 Å². The van der Waals surface area contributed by atoms with E-state index in [1.165, 1.54) is 0 Å². The topological polar surface area (TPSA) is 40.5 Å². The minimum Gasteiger partial charge on any atom is -0.395 e. The molecule has 0 aromatic rings. The molecule has 2 nitrogen and oxygen atoms in total. The molecule has 0 spiro atoms. The maximum Gasteiger partial charge on any atom is 0.0549 e. The smallest absolute Gasteiger partial charge is 0.0549 e. The summed E-state index contributed by atoms with van der Waals surface area (Å²) in [5.74, 6) is 0. The lowest BCUT2D eigenvalue weighted by atomic mass is 10.1. The molecule has 0 heterocycles. The van der Waals surface area contributed by atoms with E-state index >= 15 is 0 Å². The molecular formula is C6H10O2. The van der Waals surface area contributed by atoms with Crippen molar-refractivity contribution in [3.63, 3.8) is 0 Å². The second kappa shape index (κ2) is 1.57. The SMILES string of the molecule is C=C1CC1(CO)CO. The minimum atomic E-state index is -0.292. The molecule has 0 radical (unpaired) electrons. The van der Waals surface area contributed by atoms with Crippen molar-refractivity contribution in [2.75, 3.05) is 13.2 Å². The van der Waals surface area contributed by atoms with E-state index in [1.54, 1.807) is 0 Å². The van der Waals surface area contributed by atoms with Crippen LogP contribution in [-0.4, -0.2) is 23.4 Å². The van der Waals surface area contributed by atoms with Gasteiger partial charge in [-0.25, -0.2) is 0 Å². The predicted octanol–water partition coefficient (Wildman–Crippen LogP) is -0.0827. The molecular weight excluding hydrogens is 104 g/mol. The fraction of sp³-hybridized carbons (Fsp3) is 0.667. The highest BCUT2D eigenvalue weighted by atomic mass is 16.3. The van der Waals surface area contributed by atoms with Crippen LogP contribution >= 0.6 is 0 Å². The Hall–Kier alpha value is -0.340. The molecule has 0 unspecified atom stereocenters. The van der Waals surface area contributed by atoms with Gasteiger partial charge in [-0.2, -0.15) is 0 Å². The maximum atomic E-state index is 8.61. The van der Waals surface area contributed by atoms with Crippen LogP contribution in [0.15, 0.2) is 12.2 Å². The third kappa shape index (κ3) is 0.572. The van der Waals surface area contributed by atoms with E-state index in [0.29, 0.717) is 0 Å². The summed E-state index contributed by atoms with van der Waals surface area (Å²) in [6.45, 7) is 3.73. The third-order valence-electron chi connectivity index (χ3n) is 1.78. The zero-order valence-corrected chi connectivity index (χ0v) is 4.72. The summed E-state index contributed by atoms with van der Waals surface area (Å²) in [5, 5.41) is 17.2. The standard InChI is InChI=1S/C6H10O2/c1-5-2-6(5,3-7)4-8/h7-8H,1-4H2. The van der Waals surface area contributed by atoms with Crippen LogP contribution in [0.2, 0.25) is 0 Å². The Labute approximate surface area is 48.5 Å². The molecule has 0 atom stereocenters. The van der Waals surface area contributed by atoms with Crippen LogP contribution in [-0.2, 0) is 0 Å². The Kier molecular flexibility index (Phi) is 1.14. The van der Waals surface area contributed by atoms with Crippen molar-refractivity contribution in [3.05, 3.63) is 12.2 Å².